The molecule has 0 heterocycles. The molecule has 1 atom stereocenters. The van der Waals surface area contributed by atoms with Crippen molar-refractivity contribution < 1.29 is 13.5 Å². The van der Waals surface area contributed by atoms with Crippen molar-refractivity contribution in [1.82, 2.24) is 5.43 Å². The quantitative estimate of drug-likeness (QED) is 0.636. The molecule has 0 amide bonds. The standard InChI is InChI=1S/C15H15ClF2N2O/c16-11-2-1-3-14(7-11)21-9-13(20-19)6-10-4-5-12(17)8-15(10)18/h1-5,7-8,13,20H,6,9,19H2. The Morgan fingerprint density at radius 1 is 1.19 bits per heavy atom. The molecule has 1 unspecified atom stereocenters. The summed E-state index contributed by atoms with van der Waals surface area (Å²) in [5, 5.41) is 0.564. The summed E-state index contributed by atoms with van der Waals surface area (Å²) in [6.45, 7) is 0.230. The monoisotopic (exact) mass is 312 g/mol. The van der Waals surface area contributed by atoms with Gasteiger partial charge in [-0.05, 0) is 36.2 Å². The molecule has 0 spiro atoms. The van der Waals surface area contributed by atoms with Gasteiger partial charge in [-0.2, -0.15) is 0 Å². The van der Waals surface area contributed by atoms with Crippen molar-refractivity contribution in [3.63, 3.8) is 0 Å². The molecule has 112 valence electrons. The van der Waals surface area contributed by atoms with Gasteiger partial charge in [0.05, 0.1) is 6.04 Å². The average Bonchev–Trinajstić information content (AvgIpc) is 2.45. The van der Waals surface area contributed by atoms with E-state index < -0.39 is 11.6 Å². The van der Waals surface area contributed by atoms with Crippen molar-refractivity contribution in [2.45, 2.75) is 12.5 Å². The Balaban J connectivity index is 1.97. The van der Waals surface area contributed by atoms with E-state index in [1.54, 1.807) is 24.3 Å². The zero-order valence-electron chi connectivity index (χ0n) is 11.2. The topological polar surface area (TPSA) is 47.3 Å². The molecule has 0 aromatic heterocycles. The van der Waals surface area contributed by atoms with Gasteiger partial charge in [0.2, 0.25) is 0 Å². The smallest absolute Gasteiger partial charge is 0.129 e. The van der Waals surface area contributed by atoms with E-state index in [9.17, 15) is 8.78 Å². The van der Waals surface area contributed by atoms with Crippen LogP contribution >= 0.6 is 11.6 Å². The Kier molecular flexibility index (Phi) is 5.50. The first kappa shape index (κ1) is 15.7. The van der Waals surface area contributed by atoms with Crippen molar-refractivity contribution in [3.05, 3.63) is 64.7 Å². The van der Waals surface area contributed by atoms with E-state index in [2.05, 4.69) is 5.43 Å². The fraction of sp³-hybridized carbons (Fsp3) is 0.200. The first-order valence-corrected chi connectivity index (χ1v) is 6.74. The van der Waals surface area contributed by atoms with Gasteiger partial charge in [0, 0.05) is 11.1 Å². The predicted octanol–water partition coefficient (Wildman–Crippen LogP) is 3.07. The fourth-order valence-electron chi connectivity index (χ4n) is 1.87. The fourth-order valence-corrected chi connectivity index (χ4v) is 2.05. The van der Waals surface area contributed by atoms with Crippen LogP contribution in [0.1, 0.15) is 5.56 Å². The van der Waals surface area contributed by atoms with E-state index in [-0.39, 0.29) is 19.1 Å². The number of hydrogen-bond acceptors (Lipinski definition) is 3. The van der Waals surface area contributed by atoms with Gasteiger partial charge in [-0.15, -0.1) is 0 Å². The van der Waals surface area contributed by atoms with E-state index >= 15 is 0 Å². The van der Waals surface area contributed by atoms with Crippen LogP contribution in [0, 0.1) is 11.6 Å². The molecule has 0 saturated heterocycles. The Labute approximate surface area is 126 Å². The van der Waals surface area contributed by atoms with E-state index in [1.165, 1.54) is 12.1 Å². The minimum atomic E-state index is -0.608. The maximum Gasteiger partial charge on any atom is 0.129 e. The number of nitrogens with one attached hydrogen (secondary N) is 1. The normalized spacial score (nSPS) is 12.2. The highest BCUT2D eigenvalue weighted by atomic mass is 35.5. The van der Waals surface area contributed by atoms with Gasteiger partial charge in [0.25, 0.3) is 0 Å². The predicted molar refractivity (Wildman–Crippen MR) is 78.1 cm³/mol. The van der Waals surface area contributed by atoms with E-state index in [1.807, 2.05) is 0 Å². The van der Waals surface area contributed by atoms with Crippen molar-refractivity contribution in [2.24, 2.45) is 5.84 Å². The van der Waals surface area contributed by atoms with Crippen LogP contribution in [0.3, 0.4) is 0 Å². The summed E-state index contributed by atoms with van der Waals surface area (Å²) >= 11 is 5.85. The van der Waals surface area contributed by atoms with Gasteiger partial charge in [-0.1, -0.05) is 23.7 Å². The van der Waals surface area contributed by atoms with Crippen molar-refractivity contribution in [2.75, 3.05) is 6.61 Å². The molecule has 2 rings (SSSR count). The zero-order valence-corrected chi connectivity index (χ0v) is 11.9. The number of hydrazine groups is 1. The molecule has 2 aromatic rings. The van der Waals surface area contributed by atoms with E-state index in [0.717, 1.165) is 6.07 Å². The van der Waals surface area contributed by atoms with Crippen LogP contribution in [0.15, 0.2) is 42.5 Å². The lowest BCUT2D eigenvalue weighted by Crippen LogP contribution is -2.41. The van der Waals surface area contributed by atoms with Gasteiger partial charge < -0.3 is 4.74 Å². The van der Waals surface area contributed by atoms with Gasteiger partial charge in [-0.25, -0.2) is 8.78 Å². The minimum absolute atomic E-state index is 0.230. The van der Waals surface area contributed by atoms with Crippen LogP contribution < -0.4 is 16.0 Å². The summed E-state index contributed by atoms with van der Waals surface area (Å²) in [4.78, 5) is 0. The summed E-state index contributed by atoms with van der Waals surface area (Å²) in [6, 6.07) is 10.1. The molecule has 0 radical (unpaired) electrons. The highest BCUT2D eigenvalue weighted by molar-refractivity contribution is 6.30. The molecule has 6 heteroatoms. The number of hydrogen-bond donors (Lipinski definition) is 2. The van der Waals surface area contributed by atoms with Crippen LogP contribution in [0.25, 0.3) is 0 Å². The number of benzene rings is 2. The highest BCUT2D eigenvalue weighted by Gasteiger charge is 2.12. The molecular formula is C15H15ClF2N2O. The van der Waals surface area contributed by atoms with Gasteiger partial charge >= 0.3 is 0 Å². The van der Waals surface area contributed by atoms with Crippen molar-refractivity contribution in [3.8, 4) is 5.75 Å². The van der Waals surface area contributed by atoms with Gasteiger partial charge in [-0.3, -0.25) is 11.3 Å². The lowest BCUT2D eigenvalue weighted by molar-refractivity contribution is 0.263. The Morgan fingerprint density at radius 2 is 2.00 bits per heavy atom. The van der Waals surface area contributed by atoms with Crippen LogP contribution in [0.2, 0.25) is 5.02 Å². The molecule has 0 fully saturated rings. The zero-order chi connectivity index (χ0) is 15.2. The average molecular weight is 313 g/mol. The van der Waals surface area contributed by atoms with Crippen molar-refractivity contribution >= 4 is 11.6 Å². The van der Waals surface area contributed by atoms with E-state index in [0.29, 0.717) is 16.3 Å². The van der Waals surface area contributed by atoms with Crippen LogP contribution in [-0.4, -0.2) is 12.6 Å². The van der Waals surface area contributed by atoms with Gasteiger partial charge in [0.1, 0.15) is 24.0 Å². The summed E-state index contributed by atoms with van der Waals surface area (Å²) < 4.78 is 32.0. The largest absolute Gasteiger partial charge is 0.492 e. The maximum atomic E-state index is 13.6. The Bertz CT molecular complexity index is 610. The summed E-state index contributed by atoms with van der Waals surface area (Å²) in [6.07, 6.45) is 0.281. The molecule has 0 bridgehead atoms. The third-order valence-electron chi connectivity index (χ3n) is 2.96. The van der Waals surface area contributed by atoms with Crippen LogP contribution in [0.5, 0.6) is 5.75 Å². The molecule has 3 N–H and O–H groups in total. The van der Waals surface area contributed by atoms with Crippen LogP contribution in [0.4, 0.5) is 8.78 Å². The number of rotatable bonds is 6. The second-order valence-electron chi connectivity index (χ2n) is 4.57. The molecule has 0 aliphatic rings. The Hall–Kier alpha value is -1.69. The summed E-state index contributed by atoms with van der Waals surface area (Å²) in [5.74, 6) is 4.83. The number of nitrogens with two attached hydrogens (primary N) is 1. The lowest BCUT2D eigenvalue weighted by atomic mass is 10.1. The highest BCUT2D eigenvalue weighted by Crippen LogP contribution is 2.18. The molecule has 21 heavy (non-hydrogen) atoms. The molecular weight excluding hydrogens is 298 g/mol. The summed E-state index contributed by atoms with van der Waals surface area (Å²) in [7, 11) is 0. The van der Waals surface area contributed by atoms with E-state index in [4.69, 9.17) is 22.2 Å². The minimum Gasteiger partial charge on any atom is -0.492 e. The molecule has 3 nitrogen and oxygen atoms in total. The number of ether oxygens (including phenoxy) is 1. The molecule has 0 saturated carbocycles. The third kappa shape index (κ3) is 4.67. The second kappa shape index (κ2) is 7.36. The lowest BCUT2D eigenvalue weighted by Gasteiger charge is -2.17. The molecule has 2 aromatic carbocycles. The Morgan fingerprint density at radius 3 is 2.67 bits per heavy atom. The first-order valence-electron chi connectivity index (χ1n) is 6.37. The SMILES string of the molecule is NNC(COc1cccc(Cl)c1)Cc1ccc(F)cc1F. The maximum absolute atomic E-state index is 13.6. The first-order chi connectivity index (χ1) is 10.1. The third-order valence-corrected chi connectivity index (χ3v) is 3.20. The number of halogens is 3. The van der Waals surface area contributed by atoms with Crippen LogP contribution in [-0.2, 0) is 6.42 Å². The second-order valence-corrected chi connectivity index (χ2v) is 5.01. The van der Waals surface area contributed by atoms with Gasteiger partial charge in [0.15, 0.2) is 0 Å². The molecule has 0 aliphatic carbocycles. The molecule has 0 aliphatic heterocycles. The summed E-state index contributed by atoms with van der Waals surface area (Å²) in [5.41, 5.74) is 2.93. The van der Waals surface area contributed by atoms with Crippen molar-refractivity contribution in [1.29, 1.82) is 0 Å².